The van der Waals surface area contributed by atoms with Gasteiger partial charge in [-0.3, -0.25) is 4.79 Å². The summed E-state index contributed by atoms with van der Waals surface area (Å²) in [7, 11) is 1.35. The van der Waals surface area contributed by atoms with Gasteiger partial charge in [-0.05, 0) is 31.4 Å². The minimum atomic E-state index is -0.374. The van der Waals surface area contributed by atoms with Crippen molar-refractivity contribution in [1.29, 1.82) is 0 Å². The van der Waals surface area contributed by atoms with Crippen LogP contribution >= 0.6 is 0 Å². The van der Waals surface area contributed by atoms with Crippen molar-refractivity contribution >= 4 is 11.9 Å². The Labute approximate surface area is 124 Å². The summed E-state index contributed by atoms with van der Waals surface area (Å²) in [5, 5.41) is 3.21. The maximum atomic E-state index is 12.0. The summed E-state index contributed by atoms with van der Waals surface area (Å²) < 4.78 is 4.63. The van der Waals surface area contributed by atoms with Gasteiger partial charge < -0.3 is 19.9 Å². The molecular weight excluding hydrogens is 270 g/mol. The zero-order valence-electron chi connectivity index (χ0n) is 12.5. The SMILES string of the molecule is COC(=O)c1ccc(CNCCC(=O)N2CCCCC2)[nH]1. The smallest absolute Gasteiger partial charge is 0.354 e. The topological polar surface area (TPSA) is 74.4 Å². The molecule has 1 fully saturated rings. The third-order valence-corrected chi connectivity index (χ3v) is 3.69. The lowest BCUT2D eigenvalue weighted by Crippen LogP contribution is -2.37. The summed E-state index contributed by atoms with van der Waals surface area (Å²) in [5.41, 5.74) is 1.35. The van der Waals surface area contributed by atoms with E-state index in [1.807, 2.05) is 11.0 Å². The molecule has 0 unspecified atom stereocenters. The maximum Gasteiger partial charge on any atom is 0.354 e. The number of hydrogen-bond donors (Lipinski definition) is 2. The number of aromatic amines is 1. The number of amides is 1. The van der Waals surface area contributed by atoms with Gasteiger partial charge in [0, 0.05) is 38.3 Å². The summed E-state index contributed by atoms with van der Waals surface area (Å²) >= 11 is 0. The van der Waals surface area contributed by atoms with E-state index in [0.29, 0.717) is 25.2 Å². The molecule has 0 spiro atoms. The van der Waals surface area contributed by atoms with E-state index >= 15 is 0 Å². The number of aromatic nitrogens is 1. The fourth-order valence-corrected chi connectivity index (χ4v) is 2.49. The van der Waals surface area contributed by atoms with Crippen molar-refractivity contribution < 1.29 is 14.3 Å². The van der Waals surface area contributed by atoms with Crippen LogP contribution in [-0.2, 0) is 16.1 Å². The minimum absolute atomic E-state index is 0.226. The molecule has 1 aliphatic rings. The molecule has 116 valence electrons. The number of piperidine rings is 1. The Morgan fingerprint density at radius 2 is 2.05 bits per heavy atom. The number of likely N-dealkylation sites (tertiary alicyclic amines) is 1. The minimum Gasteiger partial charge on any atom is -0.464 e. The van der Waals surface area contributed by atoms with Gasteiger partial charge in [0.05, 0.1) is 7.11 Å². The molecule has 0 atom stereocenters. The van der Waals surface area contributed by atoms with Crippen molar-refractivity contribution in [2.75, 3.05) is 26.7 Å². The zero-order chi connectivity index (χ0) is 15.1. The number of nitrogens with one attached hydrogen (secondary N) is 2. The van der Waals surface area contributed by atoms with Crippen LogP contribution in [0.1, 0.15) is 41.9 Å². The molecule has 0 radical (unpaired) electrons. The maximum absolute atomic E-state index is 12.0. The van der Waals surface area contributed by atoms with E-state index < -0.39 is 0 Å². The van der Waals surface area contributed by atoms with Crippen LogP contribution < -0.4 is 5.32 Å². The van der Waals surface area contributed by atoms with Crippen LogP contribution in [0.5, 0.6) is 0 Å². The van der Waals surface area contributed by atoms with Gasteiger partial charge >= 0.3 is 5.97 Å². The Kier molecular flexibility index (Phi) is 5.80. The summed E-state index contributed by atoms with van der Waals surface area (Å²) in [6, 6.07) is 3.54. The van der Waals surface area contributed by atoms with E-state index in [-0.39, 0.29) is 11.9 Å². The first-order chi connectivity index (χ1) is 10.2. The molecule has 1 aliphatic heterocycles. The lowest BCUT2D eigenvalue weighted by molar-refractivity contribution is -0.131. The number of nitrogens with zero attached hydrogens (tertiary/aromatic N) is 1. The predicted molar refractivity (Wildman–Crippen MR) is 78.9 cm³/mol. The van der Waals surface area contributed by atoms with Crippen LogP contribution in [0.3, 0.4) is 0 Å². The van der Waals surface area contributed by atoms with E-state index in [4.69, 9.17) is 0 Å². The van der Waals surface area contributed by atoms with E-state index in [2.05, 4.69) is 15.0 Å². The van der Waals surface area contributed by atoms with Gasteiger partial charge in [0.25, 0.3) is 0 Å². The normalized spacial score (nSPS) is 15.0. The summed E-state index contributed by atoms with van der Waals surface area (Å²) in [6.07, 6.45) is 4.00. The molecule has 1 aromatic heterocycles. The summed E-state index contributed by atoms with van der Waals surface area (Å²) in [5.74, 6) is -0.148. The monoisotopic (exact) mass is 293 g/mol. The molecule has 2 heterocycles. The number of hydrogen-bond acceptors (Lipinski definition) is 4. The third kappa shape index (κ3) is 4.60. The van der Waals surface area contributed by atoms with Crippen LogP contribution in [0.25, 0.3) is 0 Å². The lowest BCUT2D eigenvalue weighted by Gasteiger charge is -2.26. The van der Waals surface area contributed by atoms with Crippen LogP contribution in [-0.4, -0.2) is 48.5 Å². The number of carbonyl (C=O) groups is 2. The first-order valence-electron chi connectivity index (χ1n) is 7.45. The molecule has 1 aromatic rings. The van der Waals surface area contributed by atoms with E-state index in [9.17, 15) is 9.59 Å². The Morgan fingerprint density at radius 3 is 2.76 bits per heavy atom. The molecule has 2 N–H and O–H groups in total. The number of methoxy groups -OCH3 is 1. The molecule has 0 aliphatic carbocycles. The molecule has 0 aromatic carbocycles. The van der Waals surface area contributed by atoms with Crippen LogP contribution in [0.4, 0.5) is 0 Å². The lowest BCUT2D eigenvalue weighted by atomic mass is 10.1. The molecule has 0 bridgehead atoms. The molecule has 2 rings (SSSR count). The first kappa shape index (κ1) is 15.6. The molecular formula is C15H23N3O3. The van der Waals surface area contributed by atoms with Crippen molar-refractivity contribution in [3.05, 3.63) is 23.5 Å². The van der Waals surface area contributed by atoms with Gasteiger partial charge in [-0.25, -0.2) is 4.79 Å². The molecule has 6 heteroatoms. The third-order valence-electron chi connectivity index (χ3n) is 3.69. The van der Waals surface area contributed by atoms with Gasteiger partial charge in [-0.15, -0.1) is 0 Å². The zero-order valence-corrected chi connectivity index (χ0v) is 12.5. The van der Waals surface area contributed by atoms with Gasteiger partial charge in [0.2, 0.25) is 5.91 Å². The fraction of sp³-hybridized carbons (Fsp3) is 0.600. The van der Waals surface area contributed by atoms with Crippen molar-refractivity contribution in [2.24, 2.45) is 0 Å². The Balaban J connectivity index is 1.66. The largest absolute Gasteiger partial charge is 0.464 e. The van der Waals surface area contributed by atoms with Gasteiger partial charge in [0.1, 0.15) is 5.69 Å². The number of esters is 1. The van der Waals surface area contributed by atoms with Crippen molar-refractivity contribution in [3.8, 4) is 0 Å². The number of ether oxygens (including phenoxy) is 1. The fourth-order valence-electron chi connectivity index (χ4n) is 2.49. The molecule has 1 amide bonds. The second kappa shape index (κ2) is 7.83. The summed E-state index contributed by atoms with van der Waals surface area (Å²) in [4.78, 5) is 28.2. The van der Waals surface area contributed by atoms with Crippen LogP contribution in [0.2, 0.25) is 0 Å². The highest BCUT2D eigenvalue weighted by Crippen LogP contribution is 2.09. The van der Waals surface area contributed by atoms with Gasteiger partial charge in [0.15, 0.2) is 0 Å². The quantitative estimate of drug-likeness (QED) is 0.612. The molecule has 6 nitrogen and oxygen atoms in total. The van der Waals surface area contributed by atoms with E-state index in [1.165, 1.54) is 13.5 Å². The average molecular weight is 293 g/mol. The Morgan fingerprint density at radius 1 is 1.29 bits per heavy atom. The van der Waals surface area contributed by atoms with Crippen molar-refractivity contribution in [3.63, 3.8) is 0 Å². The second-order valence-electron chi connectivity index (χ2n) is 5.26. The second-order valence-corrected chi connectivity index (χ2v) is 5.26. The Bertz CT molecular complexity index is 478. The number of H-pyrrole nitrogens is 1. The van der Waals surface area contributed by atoms with Gasteiger partial charge in [-0.2, -0.15) is 0 Å². The molecule has 0 saturated carbocycles. The predicted octanol–water partition coefficient (Wildman–Crippen LogP) is 1.29. The molecule has 1 saturated heterocycles. The number of rotatable bonds is 6. The highest BCUT2D eigenvalue weighted by atomic mass is 16.5. The highest BCUT2D eigenvalue weighted by Gasteiger charge is 2.15. The van der Waals surface area contributed by atoms with Crippen LogP contribution in [0.15, 0.2) is 12.1 Å². The van der Waals surface area contributed by atoms with Crippen molar-refractivity contribution in [1.82, 2.24) is 15.2 Å². The van der Waals surface area contributed by atoms with Crippen LogP contribution in [0, 0.1) is 0 Å². The summed E-state index contributed by atoms with van der Waals surface area (Å²) in [6.45, 7) is 3.04. The van der Waals surface area contributed by atoms with Gasteiger partial charge in [-0.1, -0.05) is 0 Å². The Hall–Kier alpha value is -1.82. The standard InChI is InChI=1S/C15H23N3O3/c1-21-15(20)13-6-5-12(17-13)11-16-8-7-14(19)18-9-3-2-4-10-18/h5-6,16-17H,2-4,7-11H2,1H3. The number of carbonyl (C=O) groups excluding carboxylic acids is 2. The average Bonchev–Trinajstić information content (AvgIpc) is 3.00. The highest BCUT2D eigenvalue weighted by molar-refractivity contribution is 5.87. The van der Waals surface area contributed by atoms with Crippen molar-refractivity contribution in [2.45, 2.75) is 32.2 Å². The molecule has 21 heavy (non-hydrogen) atoms. The first-order valence-corrected chi connectivity index (χ1v) is 7.45. The van der Waals surface area contributed by atoms with E-state index in [0.717, 1.165) is 31.6 Å². The van der Waals surface area contributed by atoms with E-state index in [1.54, 1.807) is 6.07 Å².